The van der Waals surface area contributed by atoms with E-state index < -0.39 is 61.6 Å². The molecule has 1 aromatic carbocycles. The number of aromatic hydroxyl groups is 1. The average molecular weight is 621 g/mol. The molecule has 0 saturated heterocycles. The number of ether oxygens (including phenoxy) is 1. The fourth-order valence-electron chi connectivity index (χ4n) is 3.73. The summed E-state index contributed by atoms with van der Waals surface area (Å²) in [7, 11) is -4.67. The van der Waals surface area contributed by atoms with Crippen LogP contribution in [0.4, 0.5) is 5.69 Å². The zero-order chi connectivity index (χ0) is 32.2. The summed E-state index contributed by atoms with van der Waals surface area (Å²) in [5.74, 6) is -4.23. The zero-order valence-electron chi connectivity index (χ0n) is 24.0. The number of aromatic carboxylic acids is 1. The summed E-state index contributed by atoms with van der Waals surface area (Å²) in [6, 6.07) is 4.24. The Morgan fingerprint density at radius 2 is 1.81 bits per heavy atom. The fourth-order valence-corrected chi connectivity index (χ4v) is 5.07. The van der Waals surface area contributed by atoms with Gasteiger partial charge in [-0.25, -0.2) is 18.0 Å². The lowest BCUT2D eigenvalue weighted by atomic mass is 10.1. The summed E-state index contributed by atoms with van der Waals surface area (Å²) >= 11 is 0. The van der Waals surface area contributed by atoms with Crippen molar-refractivity contribution in [2.45, 2.75) is 57.5 Å². The van der Waals surface area contributed by atoms with Crippen molar-refractivity contribution >= 4 is 39.5 Å². The van der Waals surface area contributed by atoms with Crippen LogP contribution in [-0.2, 0) is 35.7 Å². The third-order valence-corrected chi connectivity index (χ3v) is 7.43. The number of benzene rings is 1. The van der Waals surface area contributed by atoms with E-state index in [0.29, 0.717) is 12.5 Å². The number of carbonyl (C=O) groups is 4. The number of esters is 1. The number of aromatic nitrogens is 1. The van der Waals surface area contributed by atoms with Gasteiger partial charge in [0.25, 0.3) is 5.56 Å². The van der Waals surface area contributed by atoms with Crippen LogP contribution in [0.1, 0.15) is 50.4 Å². The molecule has 0 saturated carbocycles. The smallest absolute Gasteiger partial charge is 0.339 e. The first-order valence-electron chi connectivity index (χ1n) is 13.4. The molecule has 1 heterocycles. The molecule has 0 spiro atoms. The first-order chi connectivity index (χ1) is 20.3. The SMILES string of the molecule is CCOC(=O)C=CCCC(NS(=O)(=O)c1cccc(C(=O)O)c1O)C(=O)Nc1cccn(CC(=O)NCCC(C)C)c1=O. The number of amides is 2. The molecule has 2 amide bonds. The van der Waals surface area contributed by atoms with E-state index >= 15 is 0 Å². The van der Waals surface area contributed by atoms with E-state index in [1.807, 2.05) is 13.8 Å². The maximum absolute atomic E-state index is 13.3. The van der Waals surface area contributed by atoms with E-state index in [-0.39, 0.29) is 31.7 Å². The molecule has 15 heteroatoms. The van der Waals surface area contributed by atoms with E-state index in [1.54, 1.807) is 6.92 Å². The minimum atomic E-state index is -4.67. The van der Waals surface area contributed by atoms with E-state index in [2.05, 4.69) is 15.4 Å². The summed E-state index contributed by atoms with van der Waals surface area (Å²) in [6.45, 7) is 5.88. The molecule has 43 heavy (non-hydrogen) atoms. The van der Waals surface area contributed by atoms with Crippen molar-refractivity contribution in [3.05, 3.63) is 64.6 Å². The second kappa shape index (κ2) is 16.2. The first kappa shape index (κ1) is 34.7. The third kappa shape index (κ3) is 10.7. The van der Waals surface area contributed by atoms with Crippen molar-refractivity contribution in [2.75, 3.05) is 18.5 Å². The average Bonchev–Trinajstić information content (AvgIpc) is 2.92. The van der Waals surface area contributed by atoms with Gasteiger partial charge in [0.15, 0.2) is 0 Å². The van der Waals surface area contributed by atoms with Crippen LogP contribution in [0.2, 0.25) is 0 Å². The number of phenols is 1. The highest BCUT2D eigenvalue weighted by atomic mass is 32.2. The number of carboxylic acids is 1. The minimum absolute atomic E-state index is 0.0101. The maximum atomic E-state index is 13.3. The number of allylic oxidation sites excluding steroid dienone is 1. The predicted molar refractivity (Wildman–Crippen MR) is 156 cm³/mol. The number of rotatable bonds is 16. The first-order valence-corrected chi connectivity index (χ1v) is 14.9. The number of sulfonamides is 1. The lowest BCUT2D eigenvalue weighted by Gasteiger charge is -2.19. The molecule has 0 aliphatic carbocycles. The van der Waals surface area contributed by atoms with Crippen LogP contribution in [0.3, 0.4) is 0 Å². The van der Waals surface area contributed by atoms with E-state index in [0.717, 1.165) is 35.3 Å². The van der Waals surface area contributed by atoms with Gasteiger partial charge in [0.05, 0.1) is 6.61 Å². The minimum Gasteiger partial charge on any atom is -0.506 e. The summed E-state index contributed by atoms with van der Waals surface area (Å²) < 4.78 is 34.3. The van der Waals surface area contributed by atoms with Crippen molar-refractivity contribution in [1.29, 1.82) is 0 Å². The van der Waals surface area contributed by atoms with Crippen LogP contribution in [0, 0.1) is 5.92 Å². The van der Waals surface area contributed by atoms with Crippen LogP contribution in [0.15, 0.2) is 58.4 Å². The van der Waals surface area contributed by atoms with Crippen molar-refractivity contribution in [1.82, 2.24) is 14.6 Å². The Morgan fingerprint density at radius 3 is 2.47 bits per heavy atom. The van der Waals surface area contributed by atoms with E-state index in [9.17, 15) is 42.6 Å². The zero-order valence-corrected chi connectivity index (χ0v) is 24.8. The number of carbonyl (C=O) groups excluding carboxylic acids is 3. The molecule has 0 fully saturated rings. The second-order valence-corrected chi connectivity index (χ2v) is 11.4. The summed E-state index contributed by atoms with van der Waals surface area (Å²) in [4.78, 5) is 60.7. The van der Waals surface area contributed by atoms with Gasteiger partial charge in [0.2, 0.25) is 21.8 Å². The van der Waals surface area contributed by atoms with Crippen molar-refractivity contribution in [2.24, 2.45) is 5.92 Å². The summed E-state index contributed by atoms with van der Waals surface area (Å²) in [6.07, 6.45) is 4.38. The molecule has 1 atom stereocenters. The van der Waals surface area contributed by atoms with Gasteiger partial charge in [0.1, 0.15) is 34.5 Å². The highest BCUT2D eigenvalue weighted by Gasteiger charge is 2.29. The second-order valence-electron chi connectivity index (χ2n) is 9.74. The summed E-state index contributed by atoms with van der Waals surface area (Å²) in [5, 5.41) is 24.6. The number of nitrogens with one attached hydrogen (secondary N) is 3. The van der Waals surface area contributed by atoms with Gasteiger partial charge in [-0.15, -0.1) is 0 Å². The number of anilines is 1. The number of hydrogen-bond donors (Lipinski definition) is 5. The molecule has 2 aromatic rings. The number of nitrogens with zero attached hydrogens (tertiary/aromatic N) is 1. The monoisotopic (exact) mass is 620 g/mol. The Labute approximate surface area is 248 Å². The van der Waals surface area contributed by atoms with Gasteiger partial charge in [-0.05, 0) is 56.4 Å². The highest BCUT2D eigenvalue weighted by Crippen LogP contribution is 2.27. The Bertz CT molecular complexity index is 1520. The quantitative estimate of drug-likeness (QED) is 0.135. The molecular formula is C28H36N4O10S. The third-order valence-electron chi connectivity index (χ3n) is 5.93. The number of hydrogen-bond acceptors (Lipinski definition) is 9. The molecular weight excluding hydrogens is 584 g/mol. The van der Waals surface area contributed by atoms with Crippen molar-refractivity contribution in [3.8, 4) is 5.75 Å². The molecule has 0 radical (unpaired) electrons. The standard InChI is InChI=1S/C28H36N4O10S/c1-4-42-24(34)13-6-5-10-20(31-43(40,41)22-12-7-9-19(25(22)35)28(38)39)26(36)30-21-11-8-16-32(27(21)37)17-23(33)29-15-14-18(2)3/h6-9,11-13,16,18,20,31,35H,4-5,10,14-15,17H2,1-3H3,(H,29,33)(H,30,36)(H,38,39). The van der Waals surface area contributed by atoms with E-state index in [1.165, 1.54) is 24.4 Å². The van der Waals surface area contributed by atoms with Crippen LogP contribution in [0.25, 0.3) is 0 Å². The molecule has 0 aliphatic heterocycles. The predicted octanol–water partition coefficient (Wildman–Crippen LogP) is 1.60. The molecule has 1 unspecified atom stereocenters. The van der Waals surface area contributed by atoms with Crippen LogP contribution >= 0.6 is 0 Å². The van der Waals surface area contributed by atoms with Crippen molar-refractivity contribution < 1.29 is 42.5 Å². The van der Waals surface area contributed by atoms with Crippen molar-refractivity contribution in [3.63, 3.8) is 0 Å². The molecule has 234 valence electrons. The summed E-state index contributed by atoms with van der Waals surface area (Å²) in [5.41, 5.74) is -1.62. The molecule has 14 nitrogen and oxygen atoms in total. The Kier molecular flexibility index (Phi) is 13.1. The van der Waals surface area contributed by atoms with Crippen LogP contribution < -0.4 is 20.9 Å². The lowest BCUT2D eigenvalue weighted by molar-refractivity contribution is -0.137. The fraction of sp³-hybridized carbons (Fsp3) is 0.393. The van der Waals surface area contributed by atoms with Gasteiger partial charge >= 0.3 is 11.9 Å². The number of pyridine rings is 1. The highest BCUT2D eigenvalue weighted by molar-refractivity contribution is 7.89. The molecule has 0 bridgehead atoms. The van der Waals surface area contributed by atoms with Crippen LogP contribution in [0.5, 0.6) is 5.75 Å². The van der Waals surface area contributed by atoms with Gasteiger partial charge < -0.3 is 30.2 Å². The number of carboxylic acid groups (broad SMARTS) is 1. The topological polar surface area (TPSA) is 210 Å². The maximum Gasteiger partial charge on any atom is 0.339 e. The molecule has 2 rings (SSSR count). The molecule has 5 N–H and O–H groups in total. The van der Waals surface area contributed by atoms with Crippen LogP contribution in [-0.4, -0.2) is 66.1 Å². The largest absolute Gasteiger partial charge is 0.506 e. The molecule has 0 aliphatic rings. The van der Waals surface area contributed by atoms with Gasteiger partial charge in [-0.1, -0.05) is 26.0 Å². The number of para-hydroxylation sites is 1. The lowest BCUT2D eigenvalue weighted by Crippen LogP contribution is -2.44. The van der Waals surface area contributed by atoms with Gasteiger partial charge in [-0.2, -0.15) is 4.72 Å². The van der Waals surface area contributed by atoms with Gasteiger partial charge in [0, 0.05) is 18.8 Å². The normalized spacial score (nSPS) is 12.2. The Morgan fingerprint density at radius 1 is 1.09 bits per heavy atom. The Balaban J connectivity index is 2.30. The van der Waals surface area contributed by atoms with Gasteiger partial charge in [-0.3, -0.25) is 14.4 Å². The molecule has 1 aromatic heterocycles. The van der Waals surface area contributed by atoms with E-state index in [4.69, 9.17) is 4.74 Å². The Hall–Kier alpha value is -4.50.